The third-order valence-corrected chi connectivity index (χ3v) is 8.29. The molecule has 0 amide bonds. The van der Waals surface area contributed by atoms with Crippen molar-refractivity contribution in [2.24, 2.45) is 23.2 Å². The van der Waals surface area contributed by atoms with Gasteiger partial charge in [0.2, 0.25) is 0 Å². The van der Waals surface area contributed by atoms with Crippen LogP contribution >= 0.6 is 0 Å². The summed E-state index contributed by atoms with van der Waals surface area (Å²) in [6.07, 6.45) is 11.1. The predicted octanol–water partition coefficient (Wildman–Crippen LogP) is 4.94. The van der Waals surface area contributed by atoms with Gasteiger partial charge in [-0.3, -0.25) is 4.90 Å². The number of rotatable bonds is 5. The quantitative estimate of drug-likeness (QED) is 0.738. The van der Waals surface area contributed by atoms with Crippen molar-refractivity contribution in [1.82, 2.24) is 14.9 Å². The fourth-order valence-corrected chi connectivity index (χ4v) is 7.36. The maximum absolute atomic E-state index is 14.1. The summed E-state index contributed by atoms with van der Waals surface area (Å²) in [7, 11) is 0. The Hall–Kier alpha value is -2.08. The van der Waals surface area contributed by atoms with Gasteiger partial charge in [0.15, 0.2) is 0 Å². The molecule has 4 saturated carbocycles. The summed E-state index contributed by atoms with van der Waals surface area (Å²) < 4.78 is 27.3. The summed E-state index contributed by atoms with van der Waals surface area (Å²) in [6.45, 7) is 2.99. The minimum Gasteiger partial charge on any atom is -0.369 e. The zero-order chi connectivity index (χ0) is 21.0. The van der Waals surface area contributed by atoms with Gasteiger partial charge in [-0.05, 0) is 74.2 Å². The Balaban J connectivity index is 1.14. The van der Waals surface area contributed by atoms with Crippen molar-refractivity contribution in [2.75, 3.05) is 18.4 Å². The van der Waals surface area contributed by atoms with Gasteiger partial charge in [0.1, 0.15) is 23.8 Å². The van der Waals surface area contributed by atoms with Gasteiger partial charge in [-0.25, -0.2) is 18.7 Å². The minimum atomic E-state index is -0.535. The van der Waals surface area contributed by atoms with E-state index in [9.17, 15) is 8.78 Å². The maximum Gasteiger partial charge on any atom is 0.132 e. The normalized spacial score (nSPS) is 31.6. The van der Waals surface area contributed by atoms with Crippen molar-refractivity contribution in [1.29, 1.82) is 0 Å². The molecular formula is C25H30F2N4. The molecule has 1 aromatic heterocycles. The molecule has 0 spiro atoms. The van der Waals surface area contributed by atoms with Crippen molar-refractivity contribution in [3.05, 3.63) is 53.0 Å². The first-order valence-electron chi connectivity index (χ1n) is 11.8. The van der Waals surface area contributed by atoms with Gasteiger partial charge in [0.05, 0.1) is 5.69 Å². The lowest BCUT2D eigenvalue weighted by molar-refractivity contribution is -0.0444. The standard InChI is InChI=1S/C25H30F2N4/c26-20-2-1-19(22(27)8-20)12-31-4-3-21-23(13-31)29-15-30-24(21)28-14-25-9-16-5-17(10-25)7-18(6-16)11-25/h1-2,8,15-18H,3-7,9-14H2,(H,28,29,30). The molecule has 164 valence electrons. The predicted molar refractivity (Wildman–Crippen MR) is 115 cm³/mol. The van der Waals surface area contributed by atoms with Gasteiger partial charge in [-0.2, -0.15) is 0 Å². The largest absolute Gasteiger partial charge is 0.369 e. The van der Waals surface area contributed by atoms with Gasteiger partial charge in [-0.1, -0.05) is 6.07 Å². The number of hydrogen-bond donors (Lipinski definition) is 1. The van der Waals surface area contributed by atoms with E-state index in [1.54, 1.807) is 12.4 Å². The highest BCUT2D eigenvalue weighted by Gasteiger charge is 2.50. The summed E-state index contributed by atoms with van der Waals surface area (Å²) in [5, 5.41) is 3.74. The van der Waals surface area contributed by atoms with Gasteiger partial charge in [-0.15, -0.1) is 0 Å². The molecule has 5 aliphatic rings. The average Bonchev–Trinajstić information content (AvgIpc) is 2.73. The Morgan fingerprint density at radius 1 is 1.03 bits per heavy atom. The molecule has 2 heterocycles. The van der Waals surface area contributed by atoms with Crippen molar-refractivity contribution < 1.29 is 8.78 Å². The molecule has 7 rings (SSSR count). The Bertz CT molecular complexity index is 956. The number of fused-ring (bicyclic) bond motifs is 1. The van der Waals surface area contributed by atoms with Crippen LogP contribution in [0, 0.1) is 34.8 Å². The minimum absolute atomic E-state index is 0.464. The summed E-state index contributed by atoms with van der Waals surface area (Å²) in [6, 6.07) is 3.82. The average molecular weight is 425 g/mol. The molecule has 6 heteroatoms. The third kappa shape index (κ3) is 3.73. The Morgan fingerprint density at radius 2 is 1.77 bits per heavy atom. The van der Waals surface area contributed by atoms with Crippen LogP contribution in [0.2, 0.25) is 0 Å². The molecule has 4 bridgehead atoms. The molecule has 0 saturated heterocycles. The SMILES string of the molecule is Fc1ccc(CN2CCc3c(ncnc3NCC34CC5CC(CC(C5)C3)C4)C2)c(F)c1. The molecule has 4 nitrogen and oxygen atoms in total. The Kier molecular flexibility index (Phi) is 4.74. The van der Waals surface area contributed by atoms with Crippen LogP contribution in [-0.4, -0.2) is 28.0 Å². The van der Waals surface area contributed by atoms with E-state index in [0.717, 1.165) is 54.8 Å². The van der Waals surface area contributed by atoms with Crippen LogP contribution in [0.4, 0.5) is 14.6 Å². The first-order chi connectivity index (χ1) is 15.1. The zero-order valence-corrected chi connectivity index (χ0v) is 17.9. The third-order valence-electron chi connectivity index (χ3n) is 8.29. The summed E-state index contributed by atoms with van der Waals surface area (Å²) in [4.78, 5) is 11.3. The number of anilines is 1. The lowest BCUT2D eigenvalue weighted by Gasteiger charge is -2.57. The lowest BCUT2D eigenvalue weighted by Crippen LogP contribution is -2.49. The van der Waals surface area contributed by atoms with Crippen LogP contribution in [0.3, 0.4) is 0 Å². The molecule has 1 N–H and O–H groups in total. The van der Waals surface area contributed by atoms with Crippen molar-refractivity contribution >= 4 is 5.82 Å². The number of hydrogen-bond acceptors (Lipinski definition) is 4. The fraction of sp³-hybridized carbons (Fsp3) is 0.600. The highest BCUT2D eigenvalue weighted by atomic mass is 19.1. The van der Waals surface area contributed by atoms with Gasteiger partial charge < -0.3 is 5.32 Å². The van der Waals surface area contributed by atoms with E-state index < -0.39 is 11.6 Å². The van der Waals surface area contributed by atoms with E-state index in [1.165, 1.54) is 50.2 Å². The molecule has 4 fully saturated rings. The molecule has 0 radical (unpaired) electrons. The molecule has 0 unspecified atom stereocenters. The summed E-state index contributed by atoms with van der Waals surface area (Å²) >= 11 is 0. The summed E-state index contributed by atoms with van der Waals surface area (Å²) in [5.74, 6) is 2.83. The van der Waals surface area contributed by atoms with E-state index in [-0.39, 0.29) is 0 Å². The van der Waals surface area contributed by atoms with Crippen molar-refractivity contribution in [3.8, 4) is 0 Å². The van der Waals surface area contributed by atoms with Gasteiger partial charge in [0.25, 0.3) is 0 Å². The number of nitrogens with one attached hydrogen (secondary N) is 1. The van der Waals surface area contributed by atoms with E-state index in [0.29, 0.717) is 24.1 Å². The second-order valence-corrected chi connectivity index (χ2v) is 10.6. The van der Waals surface area contributed by atoms with Crippen LogP contribution in [0.25, 0.3) is 0 Å². The van der Waals surface area contributed by atoms with Crippen LogP contribution in [-0.2, 0) is 19.5 Å². The molecule has 31 heavy (non-hydrogen) atoms. The lowest BCUT2D eigenvalue weighted by atomic mass is 9.49. The zero-order valence-electron chi connectivity index (χ0n) is 17.9. The number of nitrogens with zero attached hydrogens (tertiary/aromatic N) is 3. The highest BCUT2D eigenvalue weighted by Crippen LogP contribution is 2.59. The topological polar surface area (TPSA) is 41.1 Å². The second-order valence-electron chi connectivity index (χ2n) is 10.6. The first kappa shape index (κ1) is 19.6. The van der Waals surface area contributed by atoms with E-state index >= 15 is 0 Å². The number of benzene rings is 1. The molecule has 1 aromatic carbocycles. The monoisotopic (exact) mass is 424 g/mol. The van der Waals surface area contributed by atoms with Crippen LogP contribution < -0.4 is 5.32 Å². The van der Waals surface area contributed by atoms with Crippen LogP contribution in [0.1, 0.15) is 55.3 Å². The van der Waals surface area contributed by atoms with E-state index in [4.69, 9.17) is 0 Å². The van der Waals surface area contributed by atoms with E-state index in [2.05, 4.69) is 20.2 Å². The Labute approximate surface area is 182 Å². The van der Waals surface area contributed by atoms with Crippen LogP contribution in [0.15, 0.2) is 24.5 Å². The molecule has 0 atom stereocenters. The fourth-order valence-electron chi connectivity index (χ4n) is 7.36. The first-order valence-corrected chi connectivity index (χ1v) is 11.8. The maximum atomic E-state index is 14.1. The summed E-state index contributed by atoms with van der Waals surface area (Å²) in [5.41, 5.74) is 3.23. The second kappa shape index (κ2) is 7.51. The van der Waals surface area contributed by atoms with E-state index in [1.807, 2.05) is 0 Å². The molecule has 2 aromatic rings. The molecular weight excluding hydrogens is 394 g/mol. The smallest absolute Gasteiger partial charge is 0.132 e. The van der Waals surface area contributed by atoms with Gasteiger partial charge >= 0.3 is 0 Å². The van der Waals surface area contributed by atoms with Crippen molar-refractivity contribution in [2.45, 2.75) is 58.0 Å². The van der Waals surface area contributed by atoms with Crippen LogP contribution in [0.5, 0.6) is 0 Å². The van der Waals surface area contributed by atoms with Crippen molar-refractivity contribution in [3.63, 3.8) is 0 Å². The molecule has 1 aliphatic heterocycles. The number of aromatic nitrogens is 2. The molecule has 4 aliphatic carbocycles. The van der Waals surface area contributed by atoms with Gasteiger partial charge in [0, 0.05) is 43.4 Å². The Morgan fingerprint density at radius 3 is 2.48 bits per heavy atom. The number of halogens is 2. The highest BCUT2D eigenvalue weighted by molar-refractivity contribution is 5.47.